The van der Waals surface area contributed by atoms with Gasteiger partial charge >= 0.3 is 5.97 Å². The van der Waals surface area contributed by atoms with E-state index >= 15 is 0 Å². The van der Waals surface area contributed by atoms with Crippen LogP contribution in [0.4, 0.5) is 0 Å². The van der Waals surface area contributed by atoms with E-state index in [1.54, 1.807) is 12.1 Å². The topological polar surface area (TPSA) is 88.4 Å². The minimum absolute atomic E-state index is 0.226. The second-order valence-corrected chi connectivity index (χ2v) is 11.8. The van der Waals surface area contributed by atoms with Crippen LogP contribution in [0.5, 0.6) is 17.2 Å². The summed E-state index contributed by atoms with van der Waals surface area (Å²) in [6, 6.07) is 23.9. The van der Waals surface area contributed by atoms with Gasteiger partial charge in [0.15, 0.2) is 16.3 Å². The van der Waals surface area contributed by atoms with Crippen LogP contribution in [0, 0.1) is 0 Å². The first-order valence-corrected chi connectivity index (χ1v) is 16.0. The molecule has 2 heterocycles. The Hall–Kier alpha value is -4.86. The molecule has 5 aromatic rings. The Kier molecular flexibility index (Phi) is 9.23. The van der Waals surface area contributed by atoms with E-state index in [4.69, 9.17) is 30.5 Å². The lowest BCUT2D eigenvalue weighted by atomic mass is 9.97. The van der Waals surface area contributed by atoms with Crippen molar-refractivity contribution >= 4 is 45.8 Å². The first-order chi connectivity index (χ1) is 22.4. The van der Waals surface area contributed by atoms with Crippen LogP contribution in [0.25, 0.3) is 16.8 Å². The van der Waals surface area contributed by atoms with E-state index in [1.165, 1.54) is 29.2 Å². The maximum absolute atomic E-state index is 14.3. The number of carbonyl (C=O) groups excluding carboxylic acids is 1. The van der Waals surface area contributed by atoms with Crippen LogP contribution in [-0.4, -0.2) is 30.9 Å². The van der Waals surface area contributed by atoms with Gasteiger partial charge in [-0.2, -0.15) is 0 Å². The Morgan fingerprint density at radius 3 is 2.50 bits per heavy atom. The lowest BCUT2D eigenvalue weighted by molar-refractivity contribution is -0.136. The van der Waals surface area contributed by atoms with Crippen molar-refractivity contribution in [3.05, 3.63) is 132 Å². The Labute approximate surface area is 274 Å². The second-order valence-electron chi connectivity index (χ2n) is 10.4. The summed E-state index contributed by atoms with van der Waals surface area (Å²) < 4.78 is 25.0. The number of esters is 1. The summed E-state index contributed by atoms with van der Waals surface area (Å²) in [6.07, 6.45) is 3.31. The Bertz CT molecular complexity index is 2150. The predicted molar refractivity (Wildman–Crippen MR) is 180 cm³/mol. The fraction of sp³-hybridized carbons (Fsp3) is 0.194. The normalized spacial score (nSPS) is 14.3. The van der Waals surface area contributed by atoms with E-state index < -0.39 is 12.0 Å². The van der Waals surface area contributed by atoms with Crippen LogP contribution in [0.3, 0.4) is 0 Å². The molecular formula is C36H31ClN2O6S. The Balaban J connectivity index is 1.50. The van der Waals surface area contributed by atoms with Crippen LogP contribution in [-0.2, 0) is 16.1 Å². The summed E-state index contributed by atoms with van der Waals surface area (Å²) in [6.45, 7) is 4.94. The maximum atomic E-state index is 14.3. The van der Waals surface area contributed by atoms with Crippen LogP contribution < -0.4 is 29.1 Å². The third kappa shape index (κ3) is 6.16. The summed E-state index contributed by atoms with van der Waals surface area (Å²) in [5.74, 6) is 1.12. The molecule has 0 N–H and O–H groups in total. The first-order valence-electron chi connectivity index (χ1n) is 14.8. The highest BCUT2D eigenvalue weighted by molar-refractivity contribution is 7.07. The first kappa shape index (κ1) is 31.1. The number of carbonyl (C=O) groups is 1. The molecule has 1 atom stereocenters. The molecule has 4 aromatic carbocycles. The lowest BCUT2D eigenvalue weighted by Crippen LogP contribution is -2.39. The van der Waals surface area contributed by atoms with Crippen LogP contribution in [0.15, 0.2) is 100 Å². The quantitative estimate of drug-likeness (QED) is 0.167. The summed E-state index contributed by atoms with van der Waals surface area (Å²) in [7, 11) is 1.31. The van der Waals surface area contributed by atoms with Crippen LogP contribution in [0.2, 0.25) is 5.02 Å². The molecule has 0 aliphatic carbocycles. The number of benzene rings is 4. The van der Waals surface area contributed by atoms with Gasteiger partial charge in [-0.3, -0.25) is 9.36 Å². The Morgan fingerprint density at radius 1 is 0.935 bits per heavy atom. The van der Waals surface area contributed by atoms with Gasteiger partial charge in [-0.25, -0.2) is 9.79 Å². The van der Waals surface area contributed by atoms with Gasteiger partial charge in [-0.15, -0.1) is 0 Å². The van der Waals surface area contributed by atoms with Crippen LogP contribution >= 0.6 is 22.9 Å². The van der Waals surface area contributed by atoms with Crippen molar-refractivity contribution in [1.29, 1.82) is 0 Å². The third-order valence-corrected chi connectivity index (χ3v) is 8.73. The lowest BCUT2D eigenvalue weighted by Gasteiger charge is -2.23. The molecule has 46 heavy (non-hydrogen) atoms. The van der Waals surface area contributed by atoms with E-state index in [-0.39, 0.29) is 11.1 Å². The molecule has 0 unspecified atom stereocenters. The number of thiazole rings is 1. The highest BCUT2D eigenvalue weighted by Crippen LogP contribution is 2.35. The summed E-state index contributed by atoms with van der Waals surface area (Å²) in [5, 5.41) is 2.56. The predicted octanol–water partition coefficient (Wildman–Crippen LogP) is 6.20. The number of hydrogen-bond acceptors (Lipinski definition) is 8. The molecular weight excluding hydrogens is 624 g/mol. The van der Waals surface area contributed by atoms with Crippen molar-refractivity contribution in [2.45, 2.75) is 26.5 Å². The zero-order chi connectivity index (χ0) is 32.2. The minimum atomic E-state index is -0.799. The molecule has 0 amide bonds. The number of aromatic nitrogens is 1. The molecule has 1 aliphatic rings. The van der Waals surface area contributed by atoms with Gasteiger partial charge in [-0.1, -0.05) is 71.5 Å². The van der Waals surface area contributed by atoms with E-state index in [9.17, 15) is 9.59 Å². The molecule has 1 aromatic heterocycles. The monoisotopic (exact) mass is 654 g/mol. The molecule has 1 aliphatic heterocycles. The number of nitrogens with zero attached hydrogens (tertiary/aromatic N) is 2. The van der Waals surface area contributed by atoms with Crippen molar-refractivity contribution in [1.82, 2.24) is 4.57 Å². The standard InChI is InChI=1S/C36H31ClN2O6S/c1-4-43-30-16-14-24(18-31(30)44-5-2)33-28(35(41)42-3)20-38-36-39(33)34(40)32(46-36)19-27-26-12-7-6-10-23(26)13-15-29(27)45-21-22-9-8-11-25(37)17-22/h6-20,33H,4-5,21H2,1-3H3/b32-19+/t33-/m1/s1. The number of methoxy groups -OCH3 is 1. The molecule has 8 nitrogen and oxygen atoms in total. The third-order valence-electron chi connectivity index (χ3n) is 7.50. The molecule has 0 bridgehead atoms. The second kappa shape index (κ2) is 13.6. The highest BCUT2D eigenvalue weighted by Gasteiger charge is 2.31. The van der Waals surface area contributed by atoms with Gasteiger partial charge in [0.05, 0.1) is 36.5 Å². The molecule has 0 fully saturated rings. The molecule has 234 valence electrons. The fourth-order valence-electron chi connectivity index (χ4n) is 5.46. The molecule has 10 heteroatoms. The van der Waals surface area contributed by atoms with Gasteiger partial charge < -0.3 is 18.9 Å². The summed E-state index contributed by atoms with van der Waals surface area (Å²) in [4.78, 5) is 32.3. The zero-order valence-electron chi connectivity index (χ0n) is 25.5. The number of rotatable bonds is 10. The molecule has 0 saturated heterocycles. The van der Waals surface area contributed by atoms with Gasteiger partial charge in [0.25, 0.3) is 5.56 Å². The van der Waals surface area contributed by atoms with Gasteiger partial charge in [0, 0.05) is 16.8 Å². The van der Waals surface area contributed by atoms with Crippen LogP contribution in [0.1, 0.15) is 36.6 Å². The molecule has 0 spiro atoms. The van der Waals surface area contributed by atoms with Gasteiger partial charge in [-0.05, 0) is 72.2 Å². The smallest absolute Gasteiger partial charge is 0.337 e. The average Bonchev–Trinajstić information content (AvgIpc) is 3.39. The van der Waals surface area contributed by atoms with E-state index in [0.29, 0.717) is 57.0 Å². The van der Waals surface area contributed by atoms with Crippen molar-refractivity contribution < 1.29 is 23.7 Å². The van der Waals surface area contributed by atoms with Crippen molar-refractivity contribution in [3.8, 4) is 17.2 Å². The Morgan fingerprint density at radius 2 is 1.72 bits per heavy atom. The summed E-state index contributed by atoms with van der Waals surface area (Å²) in [5.41, 5.74) is 2.26. The molecule has 6 rings (SSSR count). The van der Waals surface area contributed by atoms with E-state index in [1.807, 2.05) is 86.7 Å². The molecule has 0 radical (unpaired) electrons. The van der Waals surface area contributed by atoms with Gasteiger partial charge in [0.2, 0.25) is 0 Å². The van der Waals surface area contributed by atoms with Crippen molar-refractivity contribution in [2.24, 2.45) is 4.99 Å². The highest BCUT2D eigenvalue weighted by atomic mass is 35.5. The van der Waals surface area contributed by atoms with Crippen molar-refractivity contribution in [2.75, 3.05) is 20.3 Å². The SMILES string of the molecule is CCOc1ccc([C@@H]2C(C(=O)OC)=CN=c3s/c(=C/c4c(OCc5cccc(Cl)c5)ccc5ccccc45)c(=O)n32)cc1OCC. The average molecular weight is 655 g/mol. The minimum Gasteiger partial charge on any atom is -0.490 e. The van der Waals surface area contributed by atoms with Gasteiger partial charge in [0.1, 0.15) is 12.4 Å². The zero-order valence-corrected chi connectivity index (χ0v) is 27.1. The fourth-order valence-corrected chi connectivity index (χ4v) is 6.62. The number of fused-ring (bicyclic) bond motifs is 2. The van der Waals surface area contributed by atoms with E-state index in [2.05, 4.69) is 4.99 Å². The summed E-state index contributed by atoms with van der Waals surface area (Å²) >= 11 is 7.44. The number of ether oxygens (including phenoxy) is 4. The number of halogens is 1. The maximum Gasteiger partial charge on any atom is 0.337 e. The number of hydrogen-bond donors (Lipinski definition) is 0. The molecule has 0 saturated carbocycles. The van der Waals surface area contributed by atoms with Crippen molar-refractivity contribution in [3.63, 3.8) is 0 Å². The van der Waals surface area contributed by atoms with E-state index in [0.717, 1.165) is 21.9 Å². The largest absolute Gasteiger partial charge is 0.490 e.